The van der Waals surface area contributed by atoms with Crippen LogP contribution in [-0.2, 0) is 17.8 Å². The van der Waals surface area contributed by atoms with Crippen LogP contribution in [0.15, 0.2) is 53.1 Å². The molecule has 3 aromatic rings. The van der Waals surface area contributed by atoms with E-state index in [4.69, 9.17) is 27.7 Å². The number of benzene rings is 2. The SMILES string of the molecule is CN(Cc1nc(-c2ccc(Cl)cc2)no1)C(=O)CCc1ccccc1Cl. The van der Waals surface area contributed by atoms with E-state index in [1.54, 1.807) is 24.1 Å². The Hall–Kier alpha value is -2.37. The molecular weight excluding hydrogens is 373 g/mol. The Morgan fingerprint density at radius 2 is 1.85 bits per heavy atom. The Morgan fingerprint density at radius 1 is 1.12 bits per heavy atom. The summed E-state index contributed by atoms with van der Waals surface area (Å²) < 4.78 is 5.24. The first kappa shape index (κ1) is 18.4. The van der Waals surface area contributed by atoms with E-state index in [-0.39, 0.29) is 12.5 Å². The molecular formula is C19H17Cl2N3O2. The fourth-order valence-electron chi connectivity index (χ4n) is 2.46. The third kappa shape index (κ3) is 4.62. The molecule has 5 nitrogen and oxygen atoms in total. The van der Waals surface area contributed by atoms with Crippen LogP contribution in [0.5, 0.6) is 0 Å². The van der Waals surface area contributed by atoms with Gasteiger partial charge in [-0.25, -0.2) is 0 Å². The van der Waals surface area contributed by atoms with Gasteiger partial charge in [0.1, 0.15) is 0 Å². The molecule has 134 valence electrons. The van der Waals surface area contributed by atoms with Crippen LogP contribution in [0, 0.1) is 0 Å². The van der Waals surface area contributed by atoms with Gasteiger partial charge in [0, 0.05) is 29.1 Å². The maximum Gasteiger partial charge on any atom is 0.246 e. The van der Waals surface area contributed by atoms with E-state index in [2.05, 4.69) is 10.1 Å². The summed E-state index contributed by atoms with van der Waals surface area (Å²) in [5, 5.41) is 5.26. The second-order valence-corrected chi connectivity index (χ2v) is 6.70. The molecule has 0 aliphatic carbocycles. The van der Waals surface area contributed by atoms with Crippen molar-refractivity contribution >= 4 is 29.1 Å². The zero-order chi connectivity index (χ0) is 18.5. The second-order valence-electron chi connectivity index (χ2n) is 5.86. The van der Waals surface area contributed by atoms with E-state index in [0.717, 1.165) is 11.1 Å². The Kier molecular flexibility index (Phi) is 5.91. The summed E-state index contributed by atoms with van der Waals surface area (Å²) in [7, 11) is 1.71. The van der Waals surface area contributed by atoms with Crippen molar-refractivity contribution in [3.63, 3.8) is 0 Å². The third-order valence-electron chi connectivity index (χ3n) is 3.93. The largest absolute Gasteiger partial charge is 0.337 e. The zero-order valence-electron chi connectivity index (χ0n) is 14.2. The van der Waals surface area contributed by atoms with Gasteiger partial charge in [0.25, 0.3) is 0 Å². The van der Waals surface area contributed by atoms with Crippen LogP contribution in [0.2, 0.25) is 10.0 Å². The summed E-state index contributed by atoms with van der Waals surface area (Å²) in [6.07, 6.45) is 0.946. The molecule has 0 aliphatic rings. The van der Waals surface area contributed by atoms with Crippen LogP contribution >= 0.6 is 23.2 Å². The predicted molar refractivity (Wildman–Crippen MR) is 101 cm³/mol. The Balaban J connectivity index is 1.57. The summed E-state index contributed by atoms with van der Waals surface area (Å²) in [6, 6.07) is 14.7. The Bertz CT molecular complexity index is 894. The maximum atomic E-state index is 12.3. The van der Waals surface area contributed by atoms with Crippen molar-refractivity contribution in [2.45, 2.75) is 19.4 Å². The average molecular weight is 390 g/mol. The van der Waals surface area contributed by atoms with Gasteiger partial charge in [-0.05, 0) is 42.3 Å². The van der Waals surface area contributed by atoms with E-state index >= 15 is 0 Å². The van der Waals surface area contributed by atoms with Gasteiger partial charge in [-0.3, -0.25) is 4.79 Å². The van der Waals surface area contributed by atoms with E-state index in [9.17, 15) is 4.79 Å². The number of carbonyl (C=O) groups excluding carboxylic acids is 1. The molecule has 0 saturated heterocycles. The molecule has 3 rings (SSSR count). The van der Waals surface area contributed by atoms with Gasteiger partial charge in [-0.15, -0.1) is 0 Å². The smallest absolute Gasteiger partial charge is 0.246 e. The van der Waals surface area contributed by atoms with Crippen molar-refractivity contribution in [3.05, 3.63) is 70.0 Å². The van der Waals surface area contributed by atoms with Crippen LogP contribution in [0.3, 0.4) is 0 Å². The molecule has 0 N–H and O–H groups in total. The van der Waals surface area contributed by atoms with Gasteiger partial charge < -0.3 is 9.42 Å². The van der Waals surface area contributed by atoms with Gasteiger partial charge in [-0.1, -0.05) is 46.6 Å². The first-order valence-electron chi connectivity index (χ1n) is 8.09. The van der Waals surface area contributed by atoms with Crippen LogP contribution in [0.25, 0.3) is 11.4 Å². The Labute approximate surface area is 161 Å². The van der Waals surface area contributed by atoms with Crippen LogP contribution in [0.4, 0.5) is 0 Å². The number of aryl methyl sites for hydroxylation is 1. The second kappa shape index (κ2) is 8.34. The van der Waals surface area contributed by atoms with Crippen LogP contribution < -0.4 is 0 Å². The number of nitrogens with zero attached hydrogens (tertiary/aromatic N) is 3. The standard InChI is InChI=1S/C19H17Cl2N3O2/c1-24(18(25)11-8-13-4-2-3-5-16(13)21)12-17-22-19(23-26-17)14-6-9-15(20)10-7-14/h2-7,9-10H,8,11-12H2,1H3. The maximum absolute atomic E-state index is 12.3. The average Bonchev–Trinajstić information content (AvgIpc) is 3.09. The lowest BCUT2D eigenvalue weighted by atomic mass is 10.1. The van der Waals surface area contributed by atoms with Crippen molar-refractivity contribution in [2.75, 3.05) is 7.05 Å². The highest BCUT2D eigenvalue weighted by atomic mass is 35.5. The molecule has 0 aliphatic heterocycles. The van der Waals surface area contributed by atoms with Crippen LogP contribution in [0.1, 0.15) is 17.9 Å². The summed E-state index contributed by atoms with van der Waals surface area (Å²) in [5.41, 5.74) is 1.76. The van der Waals surface area contributed by atoms with Gasteiger partial charge in [-0.2, -0.15) is 4.98 Å². The molecule has 26 heavy (non-hydrogen) atoms. The minimum absolute atomic E-state index is 0.0174. The minimum Gasteiger partial charge on any atom is -0.337 e. The number of aromatic nitrogens is 2. The molecule has 0 unspecified atom stereocenters. The van der Waals surface area contributed by atoms with Crippen molar-refractivity contribution in [1.29, 1.82) is 0 Å². The highest BCUT2D eigenvalue weighted by molar-refractivity contribution is 6.31. The molecule has 0 atom stereocenters. The molecule has 0 fully saturated rings. The van der Waals surface area contributed by atoms with Gasteiger partial charge in [0.2, 0.25) is 17.6 Å². The molecule has 1 aromatic heterocycles. The predicted octanol–water partition coefficient (Wildman–Crippen LogP) is 4.63. The fraction of sp³-hybridized carbons (Fsp3) is 0.211. The summed E-state index contributed by atoms with van der Waals surface area (Å²) in [6.45, 7) is 0.252. The van der Waals surface area contributed by atoms with E-state index in [1.165, 1.54) is 0 Å². The molecule has 7 heteroatoms. The molecule has 0 bridgehead atoms. The quantitative estimate of drug-likeness (QED) is 0.616. The van der Waals surface area contributed by atoms with E-state index in [1.807, 2.05) is 36.4 Å². The number of halogens is 2. The monoisotopic (exact) mass is 389 g/mol. The van der Waals surface area contributed by atoms with Crippen molar-refractivity contribution in [1.82, 2.24) is 15.0 Å². The van der Waals surface area contributed by atoms with Gasteiger partial charge in [0.15, 0.2) is 0 Å². The van der Waals surface area contributed by atoms with Crippen LogP contribution in [-0.4, -0.2) is 28.0 Å². The Morgan fingerprint density at radius 3 is 2.58 bits per heavy atom. The summed E-state index contributed by atoms with van der Waals surface area (Å²) in [5.74, 6) is 0.827. The lowest BCUT2D eigenvalue weighted by Gasteiger charge is -2.14. The lowest BCUT2D eigenvalue weighted by Crippen LogP contribution is -2.26. The number of amides is 1. The first-order chi connectivity index (χ1) is 12.5. The van der Waals surface area contributed by atoms with E-state index < -0.39 is 0 Å². The summed E-state index contributed by atoms with van der Waals surface area (Å²) in [4.78, 5) is 18.2. The number of hydrogen-bond donors (Lipinski definition) is 0. The summed E-state index contributed by atoms with van der Waals surface area (Å²) >= 11 is 12.0. The topological polar surface area (TPSA) is 59.2 Å². The highest BCUT2D eigenvalue weighted by Gasteiger charge is 2.15. The van der Waals surface area contributed by atoms with Crippen molar-refractivity contribution in [2.24, 2.45) is 0 Å². The zero-order valence-corrected chi connectivity index (χ0v) is 15.7. The molecule has 2 aromatic carbocycles. The normalized spacial score (nSPS) is 10.7. The third-order valence-corrected chi connectivity index (χ3v) is 4.56. The van der Waals surface area contributed by atoms with E-state index in [0.29, 0.717) is 34.6 Å². The minimum atomic E-state index is -0.0174. The van der Waals surface area contributed by atoms with Gasteiger partial charge in [0.05, 0.1) is 6.54 Å². The number of carbonyl (C=O) groups is 1. The number of hydrogen-bond acceptors (Lipinski definition) is 4. The fourth-order valence-corrected chi connectivity index (χ4v) is 2.82. The lowest BCUT2D eigenvalue weighted by molar-refractivity contribution is -0.130. The number of rotatable bonds is 6. The highest BCUT2D eigenvalue weighted by Crippen LogP contribution is 2.20. The van der Waals surface area contributed by atoms with Crippen molar-refractivity contribution in [3.8, 4) is 11.4 Å². The molecule has 0 spiro atoms. The molecule has 1 heterocycles. The first-order valence-corrected chi connectivity index (χ1v) is 8.84. The molecule has 0 radical (unpaired) electrons. The molecule has 1 amide bonds. The molecule has 0 saturated carbocycles. The van der Waals surface area contributed by atoms with Gasteiger partial charge >= 0.3 is 0 Å². The van der Waals surface area contributed by atoms with Crippen molar-refractivity contribution < 1.29 is 9.32 Å².